The highest BCUT2D eigenvalue weighted by molar-refractivity contribution is 5.77. The Morgan fingerprint density at radius 2 is 2.24 bits per heavy atom. The average molecular weight is 282 g/mol. The van der Waals surface area contributed by atoms with Crippen molar-refractivity contribution in [1.29, 1.82) is 0 Å². The second kappa shape index (κ2) is 4.95. The van der Waals surface area contributed by atoms with Crippen molar-refractivity contribution in [3.63, 3.8) is 0 Å². The van der Waals surface area contributed by atoms with E-state index in [4.69, 9.17) is 8.83 Å². The van der Waals surface area contributed by atoms with E-state index in [2.05, 4.69) is 23.3 Å². The first-order valence-corrected chi connectivity index (χ1v) is 7.54. The SMILES string of the molecule is CCC(Nc1ccc2oc(C3CC3)nc2c1)c1ccco1. The van der Waals surface area contributed by atoms with Gasteiger partial charge in [0, 0.05) is 11.6 Å². The van der Waals surface area contributed by atoms with Gasteiger partial charge in [0.25, 0.3) is 0 Å². The van der Waals surface area contributed by atoms with E-state index in [0.717, 1.165) is 34.9 Å². The van der Waals surface area contributed by atoms with Gasteiger partial charge in [0.1, 0.15) is 11.3 Å². The molecular weight excluding hydrogens is 264 g/mol. The molecule has 0 spiro atoms. The van der Waals surface area contributed by atoms with Crippen LogP contribution >= 0.6 is 0 Å². The lowest BCUT2D eigenvalue weighted by Crippen LogP contribution is -2.08. The zero-order chi connectivity index (χ0) is 14.2. The van der Waals surface area contributed by atoms with Gasteiger partial charge in [-0.25, -0.2) is 4.98 Å². The number of fused-ring (bicyclic) bond motifs is 1. The molecule has 0 amide bonds. The lowest BCUT2D eigenvalue weighted by Gasteiger charge is -2.15. The highest BCUT2D eigenvalue weighted by Gasteiger charge is 2.28. The minimum Gasteiger partial charge on any atom is -0.467 e. The molecule has 1 unspecified atom stereocenters. The molecule has 1 atom stereocenters. The number of hydrogen-bond acceptors (Lipinski definition) is 4. The number of furan rings is 1. The Kier molecular flexibility index (Phi) is 2.95. The van der Waals surface area contributed by atoms with Crippen molar-refractivity contribution >= 4 is 16.8 Å². The fourth-order valence-electron chi connectivity index (χ4n) is 2.61. The summed E-state index contributed by atoms with van der Waals surface area (Å²) in [7, 11) is 0. The van der Waals surface area contributed by atoms with Crippen LogP contribution in [0.15, 0.2) is 45.4 Å². The van der Waals surface area contributed by atoms with Crippen LogP contribution in [0.25, 0.3) is 11.1 Å². The van der Waals surface area contributed by atoms with Crippen LogP contribution in [-0.2, 0) is 0 Å². The van der Waals surface area contributed by atoms with Gasteiger partial charge in [0.05, 0.1) is 12.3 Å². The second-order valence-electron chi connectivity index (χ2n) is 5.63. The first kappa shape index (κ1) is 12.5. The normalized spacial score (nSPS) is 16.2. The van der Waals surface area contributed by atoms with Gasteiger partial charge in [-0.2, -0.15) is 0 Å². The van der Waals surface area contributed by atoms with Gasteiger partial charge in [-0.15, -0.1) is 0 Å². The molecule has 0 aliphatic heterocycles. The molecule has 108 valence electrons. The Bertz CT molecular complexity index is 741. The Morgan fingerprint density at radius 3 is 2.95 bits per heavy atom. The first-order valence-electron chi connectivity index (χ1n) is 7.54. The molecule has 0 radical (unpaired) electrons. The van der Waals surface area contributed by atoms with Crippen LogP contribution in [0.2, 0.25) is 0 Å². The van der Waals surface area contributed by atoms with Gasteiger partial charge in [0.15, 0.2) is 11.5 Å². The van der Waals surface area contributed by atoms with Crippen molar-refractivity contribution in [2.24, 2.45) is 0 Å². The number of aromatic nitrogens is 1. The summed E-state index contributed by atoms with van der Waals surface area (Å²) in [5, 5.41) is 3.50. The highest BCUT2D eigenvalue weighted by atomic mass is 16.3. The maximum absolute atomic E-state index is 5.79. The monoisotopic (exact) mass is 282 g/mol. The Hall–Kier alpha value is -2.23. The van der Waals surface area contributed by atoms with E-state index in [1.165, 1.54) is 12.8 Å². The fraction of sp³-hybridized carbons (Fsp3) is 0.353. The maximum Gasteiger partial charge on any atom is 0.198 e. The topological polar surface area (TPSA) is 51.2 Å². The summed E-state index contributed by atoms with van der Waals surface area (Å²) >= 11 is 0. The number of benzene rings is 1. The van der Waals surface area contributed by atoms with Crippen LogP contribution in [-0.4, -0.2) is 4.98 Å². The van der Waals surface area contributed by atoms with Gasteiger partial charge in [-0.1, -0.05) is 6.92 Å². The molecular formula is C17H18N2O2. The molecule has 1 saturated carbocycles. The van der Waals surface area contributed by atoms with E-state index < -0.39 is 0 Å². The van der Waals surface area contributed by atoms with Crippen LogP contribution in [0.1, 0.15) is 49.8 Å². The third kappa shape index (κ3) is 2.42. The smallest absolute Gasteiger partial charge is 0.198 e. The minimum atomic E-state index is 0.173. The van der Waals surface area contributed by atoms with E-state index in [1.54, 1.807) is 6.26 Å². The Balaban J connectivity index is 1.60. The van der Waals surface area contributed by atoms with Gasteiger partial charge < -0.3 is 14.2 Å². The Morgan fingerprint density at radius 1 is 1.33 bits per heavy atom. The van der Waals surface area contributed by atoms with E-state index in [0.29, 0.717) is 5.92 Å². The van der Waals surface area contributed by atoms with Gasteiger partial charge in [-0.05, 0) is 49.6 Å². The van der Waals surface area contributed by atoms with Crippen molar-refractivity contribution < 1.29 is 8.83 Å². The number of rotatable bonds is 5. The molecule has 1 aromatic carbocycles. The number of oxazole rings is 1. The van der Waals surface area contributed by atoms with Crippen LogP contribution in [0, 0.1) is 0 Å². The number of nitrogens with one attached hydrogen (secondary N) is 1. The summed E-state index contributed by atoms with van der Waals surface area (Å²) < 4.78 is 11.3. The van der Waals surface area contributed by atoms with Crippen LogP contribution in [0.3, 0.4) is 0 Å². The van der Waals surface area contributed by atoms with Gasteiger partial charge >= 0.3 is 0 Å². The summed E-state index contributed by atoms with van der Waals surface area (Å²) in [6, 6.07) is 10.2. The molecule has 0 saturated heterocycles. The van der Waals surface area contributed by atoms with Gasteiger partial charge in [-0.3, -0.25) is 0 Å². The van der Waals surface area contributed by atoms with Crippen molar-refractivity contribution in [3.8, 4) is 0 Å². The third-order valence-corrected chi connectivity index (χ3v) is 3.97. The van der Waals surface area contributed by atoms with Crippen molar-refractivity contribution in [1.82, 2.24) is 4.98 Å². The Labute approximate surface area is 123 Å². The molecule has 3 aromatic rings. The summed E-state index contributed by atoms with van der Waals surface area (Å²) in [4.78, 5) is 4.60. The molecule has 1 aliphatic rings. The number of hydrogen-bond donors (Lipinski definition) is 1. The molecule has 2 aromatic heterocycles. The zero-order valence-corrected chi connectivity index (χ0v) is 12.0. The van der Waals surface area contributed by atoms with Crippen LogP contribution in [0.4, 0.5) is 5.69 Å². The van der Waals surface area contributed by atoms with E-state index in [1.807, 2.05) is 24.3 Å². The third-order valence-electron chi connectivity index (χ3n) is 3.97. The summed E-state index contributed by atoms with van der Waals surface area (Å²) in [6.45, 7) is 2.14. The molecule has 0 bridgehead atoms. The number of nitrogens with zero attached hydrogens (tertiary/aromatic N) is 1. The molecule has 4 heteroatoms. The van der Waals surface area contributed by atoms with E-state index >= 15 is 0 Å². The second-order valence-corrected chi connectivity index (χ2v) is 5.63. The summed E-state index contributed by atoms with van der Waals surface area (Å²) in [5.41, 5.74) is 2.84. The van der Waals surface area contributed by atoms with E-state index in [-0.39, 0.29) is 6.04 Å². The molecule has 2 heterocycles. The summed E-state index contributed by atoms with van der Waals surface area (Å²) in [6.07, 6.45) is 5.07. The first-order chi connectivity index (χ1) is 10.3. The maximum atomic E-state index is 5.79. The lowest BCUT2D eigenvalue weighted by atomic mass is 10.1. The molecule has 4 nitrogen and oxygen atoms in total. The molecule has 21 heavy (non-hydrogen) atoms. The summed E-state index contributed by atoms with van der Waals surface area (Å²) in [5.74, 6) is 2.39. The molecule has 1 aliphatic carbocycles. The van der Waals surface area contributed by atoms with Crippen LogP contribution < -0.4 is 5.32 Å². The largest absolute Gasteiger partial charge is 0.467 e. The quantitative estimate of drug-likeness (QED) is 0.726. The molecule has 1 fully saturated rings. The van der Waals surface area contributed by atoms with Gasteiger partial charge in [0.2, 0.25) is 0 Å². The van der Waals surface area contributed by atoms with Crippen molar-refractivity contribution in [3.05, 3.63) is 48.2 Å². The van der Waals surface area contributed by atoms with Crippen LogP contribution in [0.5, 0.6) is 0 Å². The standard InChI is InChI=1S/C17H18N2O2/c1-2-13(15-4-3-9-20-15)18-12-7-8-16-14(10-12)19-17(21-16)11-5-6-11/h3-4,7-11,13,18H,2,5-6H2,1H3. The molecule has 1 N–H and O–H groups in total. The van der Waals surface area contributed by atoms with Crippen molar-refractivity contribution in [2.75, 3.05) is 5.32 Å². The van der Waals surface area contributed by atoms with Crippen molar-refractivity contribution in [2.45, 2.75) is 38.1 Å². The minimum absolute atomic E-state index is 0.173. The predicted octanol–water partition coefficient (Wildman–Crippen LogP) is 4.86. The lowest BCUT2D eigenvalue weighted by molar-refractivity contribution is 0.474. The average Bonchev–Trinajstić information content (AvgIpc) is 3.05. The zero-order valence-electron chi connectivity index (χ0n) is 12.0. The van der Waals surface area contributed by atoms with E-state index in [9.17, 15) is 0 Å². The molecule has 4 rings (SSSR count). The number of anilines is 1. The fourth-order valence-corrected chi connectivity index (χ4v) is 2.61. The highest BCUT2D eigenvalue weighted by Crippen LogP contribution is 2.40. The predicted molar refractivity (Wildman–Crippen MR) is 81.3 cm³/mol.